The molecule has 0 bridgehead atoms. The van der Waals surface area contributed by atoms with E-state index < -0.39 is 0 Å². The van der Waals surface area contributed by atoms with Gasteiger partial charge in [-0.1, -0.05) is 0 Å². The number of ether oxygens (including phenoxy) is 2. The SMILES string of the molecule is COCCCN(CCOC)C(=O)CCCC(C)N. The Hall–Kier alpha value is -0.650. The van der Waals surface area contributed by atoms with Gasteiger partial charge in [-0.2, -0.15) is 0 Å². The Morgan fingerprint density at radius 2 is 1.83 bits per heavy atom. The number of hydrogen-bond acceptors (Lipinski definition) is 4. The molecule has 0 aliphatic carbocycles. The number of nitrogens with zero attached hydrogens (tertiary/aromatic N) is 1. The van der Waals surface area contributed by atoms with Crippen molar-refractivity contribution in [2.45, 2.75) is 38.6 Å². The van der Waals surface area contributed by atoms with Crippen molar-refractivity contribution in [3.05, 3.63) is 0 Å². The van der Waals surface area contributed by atoms with Crippen LogP contribution >= 0.6 is 0 Å². The molecule has 0 aromatic carbocycles. The van der Waals surface area contributed by atoms with Crippen molar-refractivity contribution >= 4 is 5.91 Å². The first-order valence-corrected chi connectivity index (χ1v) is 6.63. The van der Waals surface area contributed by atoms with Gasteiger partial charge in [0, 0.05) is 46.4 Å². The second-order valence-corrected chi connectivity index (χ2v) is 4.59. The second-order valence-electron chi connectivity index (χ2n) is 4.59. The van der Waals surface area contributed by atoms with Gasteiger partial charge in [-0.15, -0.1) is 0 Å². The van der Waals surface area contributed by atoms with Crippen molar-refractivity contribution in [2.75, 3.05) is 40.5 Å². The average molecular weight is 260 g/mol. The lowest BCUT2D eigenvalue weighted by Crippen LogP contribution is -2.35. The molecule has 0 heterocycles. The van der Waals surface area contributed by atoms with Gasteiger partial charge in [-0.3, -0.25) is 4.79 Å². The molecule has 0 aromatic heterocycles. The molecule has 1 amide bonds. The van der Waals surface area contributed by atoms with Gasteiger partial charge in [-0.25, -0.2) is 0 Å². The third-order valence-electron chi connectivity index (χ3n) is 2.74. The number of methoxy groups -OCH3 is 2. The van der Waals surface area contributed by atoms with Crippen LogP contribution in [-0.4, -0.2) is 57.4 Å². The van der Waals surface area contributed by atoms with E-state index in [1.165, 1.54) is 0 Å². The van der Waals surface area contributed by atoms with Crippen LogP contribution in [0.4, 0.5) is 0 Å². The molecule has 5 nitrogen and oxygen atoms in total. The number of amides is 1. The average Bonchev–Trinajstić information content (AvgIpc) is 2.33. The van der Waals surface area contributed by atoms with Gasteiger partial charge in [0.25, 0.3) is 0 Å². The molecule has 108 valence electrons. The fraction of sp³-hybridized carbons (Fsp3) is 0.923. The standard InChI is InChI=1S/C13H28N2O3/c1-12(14)6-4-7-13(16)15(9-11-18-3)8-5-10-17-2/h12H,4-11,14H2,1-3H3. The van der Waals surface area contributed by atoms with Gasteiger partial charge >= 0.3 is 0 Å². The maximum atomic E-state index is 12.0. The van der Waals surface area contributed by atoms with Crippen molar-refractivity contribution in [3.8, 4) is 0 Å². The van der Waals surface area contributed by atoms with Gasteiger partial charge in [-0.05, 0) is 26.2 Å². The van der Waals surface area contributed by atoms with Crippen LogP contribution in [0.15, 0.2) is 0 Å². The van der Waals surface area contributed by atoms with Crippen LogP contribution in [0, 0.1) is 0 Å². The van der Waals surface area contributed by atoms with Crippen LogP contribution in [0.1, 0.15) is 32.6 Å². The zero-order valence-corrected chi connectivity index (χ0v) is 12.0. The molecule has 1 unspecified atom stereocenters. The third kappa shape index (κ3) is 9.39. The Morgan fingerprint density at radius 1 is 1.17 bits per heavy atom. The van der Waals surface area contributed by atoms with Gasteiger partial charge < -0.3 is 20.1 Å². The second kappa shape index (κ2) is 11.4. The van der Waals surface area contributed by atoms with Crippen LogP contribution in [0.25, 0.3) is 0 Å². The van der Waals surface area contributed by atoms with E-state index >= 15 is 0 Å². The highest BCUT2D eigenvalue weighted by molar-refractivity contribution is 5.76. The highest BCUT2D eigenvalue weighted by atomic mass is 16.5. The molecule has 0 rings (SSSR count). The van der Waals surface area contributed by atoms with Gasteiger partial charge in [0.2, 0.25) is 5.91 Å². The van der Waals surface area contributed by atoms with Crippen LogP contribution in [0.2, 0.25) is 0 Å². The predicted molar refractivity (Wildman–Crippen MR) is 72.4 cm³/mol. The Bertz CT molecular complexity index is 210. The fourth-order valence-corrected chi connectivity index (χ4v) is 1.70. The Labute approximate surface area is 111 Å². The van der Waals surface area contributed by atoms with Gasteiger partial charge in [0.1, 0.15) is 0 Å². The number of hydrogen-bond donors (Lipinski definition) is 1. The van der Waals surface area contributed by atoms with Crippen molar-refractivity contribution in [1.29, 1.82) is 0 Å². The van der Waals surface area contributed by atoms with Crippen molar-refractivity contribution < 1.29 is 14.3 Å². The summed E-state index contributed by atoms with van der Waals surface area (Å²) in [6.45, 7) is 4.60. The zero-order valence-electron chi connectivity index (χ0n) is 12.0. The van der Waals surface area contributed by atoms with Crippen molar-refractivity contribution in [1.82, 2.24) is 4.90 Å². The van der Waals surface area contributed by atoms with E-state index in [9.17, 15) is 4.79 Å². The molecule has 0 radical (unpaired) electrons. The molecular weight excluding hydrogens is 232 g/mol. The lowest BCUT2D eigenvalue weighted by Gasteiger charge is -2.22. The minimum absolute atomic E-state index is 0.165. The summed E-state index contributed by atoms with van der Waals surface area (Å²) in [5.41, 5.74) is 5.67. The van der Waals surface area contributed by atoms with Crippen LogP contribution in [0.5, 0.6) is 0 Å². The molecule has 18 heavy (non-hydrogen) atoms. The van der Waals surface area contributed by atoms with Crippen LogP contribution in [0.3, 0.4) is 0 Å². The maximum absolute atomic E-state index is 12.0. The van der Waals surface area contributed by atoms with E-state index in [2.05, 4.69) is 0 Å². The molecule has 0 saturated carbocycles. The Balaban J connectivity index is 3.96. The minimum atomic E-state index is 0.165. The molecule has 5 heteroatoms. The minimum Gasteiger partial charge on any atom is -0.385 e. The molecule has 0 spiro atoms. The first kappa shape index (κ1) is 17.4. The monoisotopic (exact) mass is 260 g/mol. The summed E-state index contributed by atoms with van der Waals surface area (Å²) in [6.07, 6.45) is 3.17. The Kier molecular flexibility index (Phi) is 11.0. The normalized spacial score (nSPS) is 12.4. The zero-order chi connectivity index (χ0) is 13.8. The highest BCUT2D eigenvalue weighted by Gasteiger charge is 2.12. The van der Waals surface area contributed by atoms with Crippen molar-refractivity contribution in [3.63, 3.8) is 0 Å². The topological polar surface area (TPSA) is 64.8 Å². The summed E-state index contributed by atoms with van der Waals surface area (Å²) >= 11 is 0. The first-order chi connectivity index (χ1) is 8.61. The van der Waals surface area contributed by atoms with Gasteiger partial charge in [0.05, 0.1) is 6.61 Å². The summed E-state index contributed by atoms with van der Waals surface area (Å²) in [7, 11) is 3.32. The molecular formula is C13H28N2O3. The quantitative estimate of drug-likeness (QED) is 0.563. The summed E-state index contributed by atoms with van der Waals surface area (Å²) in [6, 6.07) is 0.165. The lowest BCUT2D eigenvalue weighted by molar-refractivity contribution is -0.132. The summed E-state index contributed by atoms with van der Waals surface area (Å²) in [4.78, 5) is 13.9. The fourth-order valence-electron chi connectivity index (χ4n) is 1.70. The van der Waals surface area contributed by atoms with E-state index in [4.69, 9.17) is 15.2 Å². The van der Waals surface area contributed by atoms with Crippen molar-refractivity contribution in [2.24, 2.45) is 5.73 Å². The molecule has 0 aliphatic heterocycles. The van der Waals surface area contributed by atoms with E-state index in [1.807, 2.05) is 11.8 Å². The largest absolute Gasteiger partial charge is 0.385 e. The third-order valence-corrected chi connectivity index (χ3v) is 2.74. The summed E-state index contributed by atoms with van der Waals surface area (Å²) in [5, 5.41) is 0. The number of rotatable bonds is 11. The van der Waals surface area contributed by atoms with E-state index in [-0.39, 0.29) is 11.9 Å². The Morgan fingerprint density at radius 3 is 2.39 bits per heavy atom. The molecule has 0 aromatic rings. The molecule has 1 atom stereocenters. The lowest BCUT2D eigenvalue weighted by atomic mass is 10.1. The van der Waals surface area contributed by atoms with Crippen LogP contribution in [-0.2, 0) is 14.3 Å². The molecule has 0 fully saturated rings. The molecule has 0 saturated heterocycles. The molecule has 2 N–H and O–H groups in total. The van der Waals surface area contributed by atoms with E-state index in [1.54, 1.807) is 14.2 Å². The summed E-state index contributed by atoms with van der Waals surface area (Å²) < 4.78 is 10.0. The number of carbonyl (C=O) groups is 1. The van der Waals surface area contributed by atoms with Crippen LogP contribution < -0.4 is 5.73 Å². The maximum Gasteiger partial charge on any atom is 0.222 e. The summed E-state index contributed by atoms with van der Waals surface area (Å²) in [5.74, 6) is 0.184. The van der Waals surface area contributed by atoms with E-state index in [0.717, 1.165) is 25.8 Å². The highest BCUT2D eigenvalue weighted by Crippen LogP contribution is 2.04. The molecule has 0 aliphatic rings. The number of carbonyl (C=O) groups excluding carboxylic acids is 1. The predicted octanol–water partition coefficient (Wildman–Crippen LogP) is 1.02. The van der Waals surface area contributed by atoms with Gasteiger partial charge in [0.15, 0.2) is 0 Å². The van der Waals surface area contributed by atoms with E-state index in [0.29, 0.717) is 26.2 Å². The first-order valence-electron chi connectivity index (χ1n) is 6.63. The smallest absolute Gasteiger partial charge is 0.222 e. The number of nitrogens with two attached hydrogens (primary N) is 1.